The molecule has 0 saturated carbocycles. The van der Waals surface area contributed by atoms with Gasteiger partial charge in [0.15, 0.2) is 0 Å². The van der Waals surface area contributed by atoms with Crippen molar-refractivity contribution in [3.8, 4) is 5.75 Å². The summed E-state index contributed by atoms with van der Waals surface area (Å²) in [6.07, 6.45) is 1.82. The van der Waals surface area contributed by atoms with Crippen LogP contribution in [0.2, 0.25) is 0 Å². The maximum absolute atomic E-state index is 5.69. The van der Waals surface area contributed by atoms with Crippen LogP contribution in [-0.2, 0) is 5.75 Å². The molecule has 5 heteroatoms. The highest BCUT2D eigenvalue weighted by Crippen LogP contribution is 2.33. The van der Waals surface area contributed by atoms with Gasteiger partial charge in [-0.15, -0.1) is 23.1 Å². The first kappa shape index (κ1) is 11.3. The highest BCUT2D eigenvalue weighted by atomic mass is 32.2. The van der Waals surface area contributed by atoms with Crippen molar-refractivity contribution in [2.24, 2.45) is 0 Å². The largest absolute Gasteiger partial charge is 0.496 e. The first-order chi connectivity index (χ1) is 7.79. The van der Waals surface area contributed by atoms with Gasteiger partial charge in [-0.05, 0) is 12.1 Å². The lowest BCUT2D eigenvalue weighted by Crippen LogP contribution is -1.90. The van der Waals surface area contributed by atoms with Gasteiger partial charge in [0.1, 0.15) is 10.8 Å². The Bertz CT molecular complexity index is 457. The Morgan fingerprint density at radius 2 is 2.38 bits per heavy atom. The van der Waals surface area contributed by atoms with Gasteiger partial charge in [0.05, 0.1) is 12.9 Å². The monoisotopic (exact) mass is 252 g/mol. The van der Waals surface area contributed by atoms with E-state index < -0.39 is 0 Å². The second kappa shape index (κ2) is 5.23. The fourth-order valence-corrected chi connectivity index (χ4v) is 2.92. The fourth-order valence-electron chi connectivity index (χ4n) is 1.27. The predicted molar refractivity (Wildman–Crippen MR) is 69.1 cm³/mol. The third-order valence-electron chi connectivity index (χ3n) is 2.02. The fraction of sp³-hybridized carbons (Fsp3) is 0.182. The number of nitrogens with zero attached hydrogens (tertiary/aromatic N) is 1. The number of benzene rings is 1. The van der Waals surface area contributed by atoms with Crippen molar-refractivity contribution in [2.45, 2.75) is 10.6 Å². The van der Waals surface area contributed by atoms with Crippen LogP contribution in [0.1, 0.15) is 5.01 Å². The number of rotatable bonds is 4. The van der Waals surface area contributed by atoms with Gasteiger partial charge < -0.3 is 10.5 Å². The number of nitrogen functional groups attached to an aromatic ring is 1. The molecule has 0 amide bonds. The molecule has 0 aliphatic carbocycles. The number of hydrogen-bond donors (Lipinski definition) is 1. The Kier molecular flexibility index (Phi) is 3.69. The SMILES string of the molecule is COc1cc(N)ccc1SCc1nccs1. The number of hydrogen-bond acceptors (Lipinski definition) is 5. The average molecular weight is 252 g/mol. The zero-order valence-corrected chi connectivity index (χ0v) is 10.5. The molecule has 84 valence electrons. The van der Waals surface area contributed by atoms with Crippen LogP contribution < -0.4 is 10.5 Å². The summed E-state index contributed by atoms with van der Waals surface area (Å²) in [4.78, 5) is 5.33. The molecule has 0 aliphatic rings. The van der Waals surface area contributed by atoms with Gasteiger partial charge in [0, 0.05) is 28.2 Å². The molecule has 2 aromatic rings. The molecule has 0 radical (unpaired) electrons. The molecule has 0 atom stereocenters. The maximum atomic E-state index is 5.69. The topological polar surface area (TPSA) is 48.1 Å². The minimum absolute atomic E-state index is 0.718. The minimum atomic E-state index is 0.718. The summed E-state index contributed by atoms with van der Waals surface area (Å²) < 4.78 is 5.28. The summed E-state index contributed by atoms with van der Waals surface area (Å²) in [5, 5.41) is 3.10. The van der Waals surface area contributed by atoms with Gasteiger partial charge in [-0.1, -0.05) is 0 Å². The van der Waals surface area contributed by atoms with E-state index in [-0.39, 0.29) is 0 Å². The van der Waals surface area contributed by atoms with E-state index in [1.807, 2.05) is 29.8 Å². The first-order valence-electron chi connectivity index (χ1n) is 4.74. The van der Waals surface area contributed by atoms with Crippen LogP contribution in [0.4, 0.5) is 5.69 Å². The Morgan fingerprint density at radius 1 is 1.50 bits per heavy atom. The Morgan fingerprint density at radius 3 is 3.06 bits per heavy atom. The van der Waals surface area contributed by atoms with Crippen LogP contribution in [0, 0.1) is 0 Å². The summed E-state index contributed by atoms with van der Waals surface area (Å²) >= 11 is 3.37. The first-order valence-corrected chi connectivity index (χ1v) is 6.61. The Hall–Kier alpha value is -1.20. The van der Waals surface area contributed by atoms with Crippen molar-refractivity contribution in [2.75, 3.05) is 12.8 Å². The maximum Gasteiger partial charge on any atom is 0.134 e. The van der Waals surface area contributed by atoms with Crippen molar-refractivity contribution >= 4 is 28.8 Å². The minimum Gasteiger partial charge on any atom is -0.496 e. The number of methoxy groups -OCH3 is 1. The standard InChI is InChI=1S/C11H12N2OS2/c1-14-9-6-8(12)2-3-10(9)16-7-11-13-4-5-15-11/h2-6H,7,12H2,1H3. The number of aromatic nitrogens is 1. The normalized spacial score (nSPS) is 10.3. The number of thioether (sulfide) groups is 1. The zero-order valence-electron chi connectivity index (χ0n) is 8.84. The lowest BCUT2D eigenvalue weighted by molar-refractivity contribution is 0.405. The van der Waals surface area contributed by atoms with E-state index in [2.05, 4.69) is 4.98 Å². The quantitative estimate of drug-likeness (QED) is 0.671. The van der Waals surface area contributed by atoms with Crippen molar-refractivity contribution < 1.29 is 4.74 Å². The number of ether oxygens (including phenoxy) is 1. The second-order valence-corrected chi connectivity index (χ2v) is 5.12. The van der Waals surface area contributed by atoms with Crippen LogP contribution in [0.15, 0.2) is 34.7 Å². The lowest BCUT2D eigenvalue weighted by atomic mass is 10.3. The number of anilines is 1. The molecular weight excluding hydrogens is 240 g/mol. The van der Waals surface area contributed by atoms with Gasteiger partial charge in [0.2, 0.25) is 0 Å². The Labute approximate surface area is 103 Å². The zero-order chi connectivity index (χ0) is 11.4. The van der Waals surface area contributed by atoms with Gasteiger partial charge in [-0.3, -0.25) is 0 Å². The average Bonchev–Trinajstić information content (AvgIpc) is 2.80. The molecule has 0 spiro atoms. The predicted octanol–water partition coefficient (Wildman–Crippen LogP) is 3.03. The molecule has 1 aromatic heterocycles. The highest BCUT2D eigenvalue weighted by molar-refractivity contribution is 7.98. The summed E-state index contributed by atoms with van der Waals surface area (Å²) in [7, 11) is 1.65. The van der Waals surface area contributed by atoms with Crippen LogP contribution in [0.3, 0.4) is 0 Å². The van der Waals surface area contributed by atoms with E-state index >= 15 is 0 Å². The third kappa shape index (κ3) is 2.68. The van der Waals surface area contributed by atoms with Crippen molar-refractivity contribution in [1.29, 1.82) is 0 Å². The summed E-state index contributed by atoms with van der Waals surface area (Å²) in [5.41, 5.74) is 6.41. The molecule has 1 aromatic carbocycles. The summed E-state index contributed by atoms with van der Waals surface area (Å²) in [6.45, 7) is 0. The van der Waals surface area contributed by atoms with E-state index in [9.17, 15) is 0 Å². The molecule has 16 heavy (non-hydrogen) atoms. The molecule has 2 N–H and O–H groups in total. The van der Waals surface area contributed by atoms with Crippen LogP contribution in [0.5, 0.6) is 5.75 Å². The van der Waals surface area contributed by atoms with Crippen LogP contribution in [-0.4, -0.2) is 12.1 Å². The summed E-state index contributed by atoms with van der Waals surface area (Å²) in [5.74, 6) is 1.68. The van der Waals surface area contributed by atoms with E-state index in [1.54, 1.807) is 30.2 Å². The van der Waals surface area contributed by atoms with Gasteiger partial charge in [-0.2, -0.15) is 0 Å². The molecule has 0 fully saturated rings. The van der Waals surface area contributed by atoms with Gasteiger partial charge in [0.25, 0.3) is 0 Å². The number of thiazole rings is 1. The molecule has 3 nitrogen and oxygen atoms in total. The molecule has 2 rings (SSSR count). The molecule has 0 unspecified atom stereocenters. The van der Waals surface area contributed by atoms with E-state index in [4.69, 9.17) is 10.5 Å². The number of nitrogens with two attached hydrogens (primary N) is 1. The second-order valence-electron chi connectivity index (χ2n) is 3.12. The highest BCUT2D eigenvalue weighted by Gasteiger charge is 2.05. The smallest absolute Gasteiger partial charge is 0.134 e. The molecule has 0 bridgehead atoms. The van der Waals surface area contributed by atoms with Crippen molar-refractivity contribution in [3.05, 3.63) is 34.8 Å². The van der Waals surface area contributed by atoms with Gasteiger partial charge >= 0.3 is 0 Å². The van der Waals surface area contributed by atoms with Gasteiger partial charge in [-0.25, -0.2) is 4.98 Å². The van der Waals surface area contributed by atoms with Crippen molar-refractivity contribution in [3.63, 3.8) is 0 Å². The summed E-state index contributed by atoms with van der Waals surface area (Å²) in [6, 6.07) is 5.70. The van der Waals surface area contributed by atoms with Crippen molar-refractivity contribution in [1.82, 2.24) is 4.98 Å². The molecular formula is C11H12N2OS2. The van der Waals surface area contributed by atoms with Crippen LogP contribution >= 0.6 is 23.1 Å². The molecule has 1 heterocycles. The molecule has 0 saturated heterocycles. The lowest BCUT2D eigenvalue weighted by Gasteiger charge is -2.07. The molecule has 0 aliphatic heterocycles. The Balaban J connectivity index is 2.09. The van der Waals surface area contributed by atoms with Crippen LogP contribution in [0.25, 0.3) is 0 Å². The van der Waals surface area contributed by atoms with E-state index in [1.165, 1.54) is 0 Å². The van der Waals surface area contributed by atoms with E-state index in [0.29, 0.717) is 0 Å². The van der Waals surface area contributed by atoms with E-state index in [0.717, 1.165) is 27.1 Å². The third-order valence-corrected chi connectivity index (χ3v) is 4.05.